The molecule has 0 saturated heterocycles. The third-order valence-corrected chi connectivity index (χ3v) is 4.21. The van der Waals surface area contributed by atoms with Crippen LogP contribution in [0.3, 0.4) is 0 Å². The summed E-state index contributed by atoms with van der Waals surface area (Å²) in [5, 5.41) is 0. The molecule has 0 radical (unpaired) electrons. The van der Waals surface area contributed by atoms with E-state index in [0.717, 1.165) is 25.9 Å². The third-order valence-electron chi connectivity index (χ3n) is 3.06. The van der Waals surface area contributed by atoms with E-state index in [1.165, 1.54) is 18.6 Å². The average molecular weight is 261 g/mol. The quantitative estimate of drug-likeness (QED) is 0.412. The molecule has 17 heavy (non-hydrogen) atoms. The van der Waals surface area contributed by atoms with Crippen LogP contribution in [-0.4, -0.2) is 42.3 Å². The Bertz CT molecular complexity index is 162. The zero-order chi connectivity index (χ0) is 13.1. The topological polar surface area (TPSA) is 12.5 Å². The number of thioether (sulfide) groups is 1. The van der Waals surface area contributed by atoms with Crippen LogP contribution in [0.15, 0.2) is 0 Å². The van der Waals surface area contributed by atoms with Crippen LogP contribution in [0.2, 0.25) is 0 Å². The van der Waals surface area contributed by atoms with Gasteiger partial charge >= 0.3 is 0 Å². The van der Waals surface area contributed by atoms with Gasteiger partial charge in [-0.3, -0.25) is 0 Å². The van der Waals surface area contributed by atoms with E-state index < -0.39 is 0 Å². The second-order valence-electron chi connectivity index (χ2n) is 4.58. The number of nitrogens with zero attached hydrogens (tertiary/aromatic N) is 1. The van der Waals surface area contributed by atoms with Crippen LogP contribution < -0.4 is 0 Å². The molecule has 2 nitrogen and oxygen atoms in total. The summed E-state index contributed by atoms with van der Waals surface area (Å²) < 4.78 is 6.19. The van der Waals surface area contributed by atoms with Gasteiger partial charge in [0.05, 0.1) is 6.10 Å². The van der Waals surface area contributed by atoms with Gasteiger partial charge in [-0.2, -0.15) is 0 Å². The van der Waals surface area contributed by atoms with E-state index in [1.54, 1.807) is 0 Å². The number of rotatable bonds is 11. The van der Waals surface area contributed by atoms with Crippen molar-refractivity contribution in [1.29, 1.82) is 0 Å². The molecule has 0 aromatic heterocycles. The molecule has 3 heteroatoms. The Kier molecular flexibility index (Phi) is 11.5. The summed E-state index contributed by atoms with van der Waals surface area (Å²) in [6.45, 7) is 11.0. The SMILES string of the molecule is CCCCSC(CN(C)CC)OC(CC)CC. The molecule has 0 N–H and O–H groups in total. The molecule has 104 valence electrons. The average Bonchev–Trinajstić information content (AvgIpc) is 2.35. The maximum atomic E-state index is 6.19. The standard InChI is InChI=1S/C14H31NOS/c1-6-10-11-17-14(12-15(5)9-4)16-13(7-2)8-3/h13-14H,6-12H2,1-5H3. The Morgan fingerprint density at radius 3 is 2.24 bits per heavy atom. The molecule has 0 aliphatic rings. The number of likely N-dealkylation sites (N-methyl/N-ethyl adjacent to an activating group) is 1. The molecule has 0 aliphatic carbocycles. The van der Waals surface area contributed by atoms with Crippen molar-refractivity contribution < 1.29 is 4.74 Å². The Morgan fingerprint density at radius 1 is 1.12 bits per heavy atom. The normalized spacial score (nSPS) is 13.6. The summed E-state index contributed by atoms with van der Waals surface area (Å²) in [5.74, 6) is 1.22. The second kappa shape index (κ2) is 11.4. The van der Waals surface area contributed by atoms with Gasteiger partial charge in [-0.1, -0.05) is 34.1 Å². The lowest BCUT2D eigenvalue weighted by atomic mass is 10.2. The van der Waals surface area contributed by atoms with Crippen LogP contribution >= 0.6 is 11.8 Å². The van der Waals surface area contributed by atoms with Crippen LogP contribution in [0.25, 0.3) is 0 Å². The smallest absolute Gasteiger partial charge is 0.116 e. The van der Waals surface area contributed by atoms with Crippen molar-refractivity contribution in [3.63, 3.8) is 0 Å². The van der Waals surface area contributed by atoms with Crippen molar-refractivity contribution in [2.24, 2.45) is 0 Å². The largest absolute Gasteiger partial charge is 0.363 e. The van der Waals surface area contributed by atoms with Crippen LogP contribution in [0.4, 0.5) is 0 Å². The fourth-order valence-electron chi connectivity index (χ4n) is 1.57. The first-order chi connectivity index (χ1) is 8.17. The molecule has 0 aliphatic heterocycles. The fraction of sp³-hybridized carbons (Fsp3) is 1.00. The zero-order valence-electron chi connectivity index (χ0n) is 12.4. The van der Waals surface area contributed by atoms with Crippen LogP contribution in [-0.2, 0) is 4.74 Å². The highest BCUT2D eigenvalue weighted by Crippen LogP contribution is 2.19. The molecule has 0 bridgehead atoms. The monoisotopic (exact) mass is 261 g/mol. The highest BCUT2D eigenvalue weighted by molar-refractivity contribution is 7.99. The van der Waals surface area contributed by atoms with Crippen LogP contribution in [0, 0.1) is 0 Å². The lowest BCUT2D eigenvalue weighted by Gasteiger charge is -2.26. The van der Waals surface area contributed by atoms with Crippen molar-refractivity contribution in [3.05, 3.63) is 0 Å². The first-order valence-corrected chi connectivity index (χ1v) is 8.18. The number of hydrogen-bond donors (Lipinski definition) is 0. The van der Waals surface area contributed by atoms with E-state index in [0.29, 0.717) is 11.5 Å². The minimum Gasteiger partial charge on any atom is -0.363 e. The molecule has 0 aromatic rings. The van der Waals surface area contributed by atoms with Gasteiger partial charge in [0.15, 0.2) is 0 Å². The Labute approximate surface area is 112 Å². The van der Waals surface area contributed by atoms with Gasteiger partial charge in [0.25, 0.3) is 0 Å². The Morgan fingerprint density at radius 2 is 1.76 bits per heavy atom. The molecule has 1 unspecified atom stereocenters. The summed E-state index contributed by atoms with van der Waals surface area (Å²) in [7, 11) is 2.17. The highest BCUT2D eigenvalue weighted by atomic mass is 32.2. The molecule has 0 heterocycles. The summed E-state index contributed by atoms with van der Waals surface area (Å²) in [6, 6.07) is 0. The van der Waals surface area contributed by atoms with Gasteiger partial charge < -0.3 is 9.64 Å². The third kappa shape index (κ3) is 8.92. The first-order valence-electron chi connectivity index (χ1n) is 7.13. The van der Waals surface area contributed by atoms with Crippen molar-refractivity contribution in [2.75, 3.05) is 25.9 Å². The minimum absolute atomic E-state index is 0.344. The maximum absolute atomic E-state index is 6.19. The Balaban J connectivity index is 4.08. The molecule has 0 spiro atoms. The van der Waals surface area contributed by atoms with E-state index in [-0.39, 0.29) is 0 Å². The molecule has 0 fully saturated rings. The van der Waals surface area contributed by atoms with Crippen LogP contribution in [0.1, 0.15) is 53.4 Å². The lowest BCUT2D eigenvalue weighted by Crippen LogP contribution is -2.32. The summed E-state index contributed by atoms with van der Waals surface area (Å²) in [6.07, 6.45) is 5.24. The van der Waals surface area contributed by atoms with Gasteiger partial charge in [-0.25, -0.2) is 0 Å². The fourth-order valence-corrected chi connectivity index (χ4v) is 2.89. The molecule has 0 saturated carbocycles. The van der Waals surface area contributed by atoms with E-state index in [9.17, 15) is 0 Å². The van der Waals surface area contributed by atoms with E-state index in [2.05, 4.69) is 39.6 Å². The predicted molar refractivity (Wildman–Crippen MR) is 79.8 cm³/mol. The van der Waals surface area contributed by atoms with Crippen molar-refractivity contribution in [1.82, 2.24) is 4.90 Å². The number of unbranched alkanes of at least 4 members (excludes halogenated alkanes) is 1. The minimum atomic E-state index is 0.344. The van der Waals surface area contributed by atoms with E-state index in [4.69, 9.17) is 4.74 Å². The molecule has 0 amide bonds. The van der Waals surface area contributed by atoms with Crippen LogP contribution in [0.5, 0.6) is 0 Å². The summed E-state index contributed by atoms with van der Waals surface area (Å²) in [4.78, 5) is 2.34. The molecular formula is C14H31NOS. The highest BCUT2D eigenvalue weighted by Gasteiger charge is 2.16. The van der Waals surface area contributed by atoms with Gasteiger partial charge in [0.1, 0.15) is 5.44 Å². The summed E-state index contributed by atoms with van der Waals surface area (Å²) in [5.41, 5.74) is 0.344. The van der Waals surface area contributed by atoms with Crippen molar-refractivity contribution >= 4 is 11.8 Å². The molecule has 0 rings (SSSR count). The van der Waals surface area contributed by atoms with Crippen molar-refractivity contribution in [2.45, 2.75) is 64.9 Å². The molecule has 1 atom stereocenters. The Hall–Kier alpha value is 0.270. The summed E-state index contributed by atoms with van der Waals surface area (Å²) >= 11 is 1.98. The first kappa shape index (κ1) is 17.3. The van der Waals surface area contributed by atoms with Gasteiger partial charge in [-0.15, -0.1) is 11.8 Å². The number of hydrogen-bond acceptors (Lipinski definition) is 3. The zero-order valence-corrected chi connectivity index (χ0v) is 13.2. The predicted octanol–water partition coefficient (Wildman–Crippen LogP) is 4.00. The maximum Gasteiger partial charge on any atom is 0.116 e. The molecular weight excluding hydrogens is 230 g/mol. The second-order valence-corrected chi connectivity index (χ2v) is 5.85. The van der Waals surface area contributed by atoms with Gasteiger partial charge in [-0.05, 0) is 38.6 Å². The molecule has 0 aromatic carbocycles. The van der Waals surface area contributed by atoms with E-state index in [1.807, 2.05) is 11.8 Å². The van der Waals surface area contributed by atoms with Gasteiger partial charge in [0.2, 0.25) is 0 Å². The van der Waals surface area contributed by atoms with E-state index >= 15 is 0 Å². The number of ether oxygens (including phenoxy) is 1. The lowest BCUT2D eigenvalue weighted by molar-refractivity contribution is 0.0177. The van der Waals surface area contributed by atoms with Crippen molar-refractivity contribution in [3.8, 4) is 0 Å². The van der Waals surface area contributed by atoms with Gasteiger partial charge in [0, 0.05) is 6.54 Å².